The van der Waals surface area contributed by atoms with E-state index in [4.69, 9.17) is 16.0 Å². The molecule has 0 amide bonds. The molecule has 1 radical (unpaired) electrons. The molecule has 0 bridgehead atoms. The molecule has 3 rings (SSSR count). The molecule has 0 saturated heterocycles. The zero-order chi connectivity index (χ0) is 15.0. The number of fused-ring (bicyclic) bond motifs is 1. The lowest BCUT2D eigenvalue weighted by molar-refractivity contribution is 0.479. The van der Waals surface area contributed by atoms with E-state index in [1.807, 2.05) is 0 Å². The third-order valence-electron chi connectivity index (χ3n) is 2.83. The highest BCUT2D eigenvalue weighted by molar-refractivity contribution is 7.87. The number of hydrogen-bond donors (Lipinski definition) is 1. The second-order valence-electron chi connectivity index (χ2n) is 4.26. The Hall–Kier alpha value is -2.02. The second-order valence-corrected chi connectivity index (χ2v) is 5.93. The van der Waals surface area contributed by atoms with Gasteiger partial charge in [-0.25, -0.2) is 0 Å². The summed E-state index contributed by atoms with van der Waals surface area (Å²) in [5, 5.41) is 0.937. The summed E-state index contributed by atoms with van der Waals surface area (Å²) in [4.78, 5) is 0. The number of furan rings is 1. The van der Waals surface area contributed by atoms with Crippen LogP contribution in [0.15, 0.2) is 52.9 Å². The van der Waals surface area contributed by atoms with Crippen molar-refractivity contribution in [3.05, 3.63) is 59.6 Å². The Morgan fingerprint density at radius 1 is 1.19 bits per heavy atom. The van der Waals surface area contributed by atoms with Crippen molar-refractivity contribution in [3.8, 4) is 0 Å². The highest BCUT2D eigenvalue weighted by atomic mass is 35.5. The molecule has 107 valence electrons. The Morgan fingerprint density at radius 3 is 2.62 bits per heavy atom. The lowest BCUT2D eigenvalue weighted by atomic mass is 10.2. The number of nitrogens with zero attached hydrogens (tertiary/aromatic N) is 1. The Labute approximate surface area is 126 Å². The molecule has 1 heterocycles. The van der Waals surface area contributed by atoms with Crippen molar-refractivity contribution in [1.82, 2.24) is 0 Å². The quantitative estimate of drug-likeness (QED) is 0.744. The van der Waals surface area contributed by atoms with E-state index in [1.54, 1.807) is 24.3 Å². The SMILES string of the molecule is O=S(=O)(O)N(c1cc[c]c(Cl)c1)c1cc2ccccc2o1. The minimum Gasteiger partial charge on any atom is -0.439 e. The number of rotatable bonds is 3. The average Bonchev–Trinajstić information content (AvgIpc) is 2.80. The molecule has 5 nitrogen and oxygen atoms in total. The van der Waals surface area contributed by atoms with Crippen LogP contribution in [0.1, 0.15) is 0 Å². The lowest BCUT2D eigenvalue weighted by Crippen LogP contribution is -2.24. The summed E-state index contributed by atoms with van der Waals surface area (Å²) < 4.78 is 39.0. The van der Waals surface area contributed by atoms with E-state index >= 15 is 0 Å². The standard InChI is InChI=1S/C14H9ClNO4S/c15-11-5-3-6-12(9-11)16(21(17,18)19)14-8-10-4-1-2-7-13(10)20-14/h1-4,6-9H,(H,17,18,19). The molecule has 1 N–H and O–H groups in total. The molecule has 7 heteroatoms. The van der Waals surface area contributed by atoms with Crippen molar-refractivity contribution in [2.75, 3.05) is 4.31 Å². The number of para-hydroxylation sites is 1. The summed E-state index contributed by atoms with van der Waals surface area (Å²) in [5.74, 6) is -0.0269. The van der Waals surface area contributed by atoms with E-state index in [-0.39, 0.29) is 16.6 Å². The first-order chi connectivity index (χ1) is 9.95. The third-order valence-corrected chi connectivity index (χ3v) is 3.90. The lowest BCUT2D eigenvalue weighted by Gasteiger charge is -2.17. The number of halogens is 1. The first kappa shape index (κ1) is 13.9. The van der Waals surface area contributed by atoms with Gasteiger partial charge in [-0.3, -0.25) is 4.55 Å². The molecule has 21 heavy (non-hydrogen) atoms. The second kappa shape index (κ2) is 5.07. The van der Waals surface area contributed by atoms with Gasteiger partial charge in [0.2, 0.25) is 5.88 Å². The third kappa shape index (κ3) is 2.73. The fraction of sp³-hybridized carbons (Fsp3) is 0. The van der Waals surface area contributed by atoms with Gasteiger partial charge in [0, 0.05) is 17.5 Å². The zero-order valence-electron chi connectivity index (χ0n) is 10.5. The van der Waals surface area contributed by atoms with Gasteiger partial charge in [-0.1, -0.05) is 35.9 Å². The number of anilines is 2. The molecule has 0 aliphatic carbocycles. The van der Waals surface area contributed by atoms with E-state index in [0.29, 0.717) is 9.89 Å². The van der Waals surface area contributed by atoms with Gasteiger partial charge in [-0.15, -0.1) is 0 Å². The maximum atomic E-state index is 11.7. The van der Waals surface area contributed by atoms with Crippen molar-refractivity contribution in [2.24, 2.45) is 0 Å². The van der Waals surface area contributed by atoms with Gasteiger partial charge in [0.15, 0.2) is 0 Å². The van der Waals surface area contributed by atoms with Gasteiger partial charge in [0.1, 0.15) is 5.58 Å². The minimum absolute atomic E-state index is 0.0269. The Bertz CT molecular complexity index is 871. The molecule has 1 aromatic heterocycles. The van der Waals surface area contributed by atoms with Crippen molar-refractivity contribution in [3.63, 3.8) is 0 Å². The summed E-state index contributed by atoms with van der Waals surface area (Å²) in [6.07, 6.45) is 0. The van der Waals surface area contributed by atoms with E-state index in [9.17, 15) is 13.0 Å². The first-order valence-electron chi connectivity index (χ1n) is 5.89. The van der Waals surface area contributed by atoms with Crippen molar-refractivity contribution in [2.45, 2.75) is 0 Å². The van der Waals surface area contributed by atoms with Crippen molar-refractivity contribution >= 4 is 44.4 Å². The van der Waals surface area contributed by atoms with Crippen LogP contribution in [0.5, 0.6) is 0 Å². The van der Waals surface area contributed by atoms with Crippen LogP contribution in [0.2, 0.25) is 5.02 Å². The van der Waals surface area contributed by atoms with Crippen LogP contribution in [0.4, 0.5) is 11.6 Å². The van der Waals surface area contributed by atoms with Gasteiger partial charge in [0.05, 0.1) is 10.7 Å². The molecule has 0 aliphatic rings. The fourth-order valence-electron chi connectivity index (χ4n) is 1.99. The van der Waals surface area contributed by atoms with E-state index in [2.05, 4.69) is 6.07 Å². The summed E-state index contributed by atoms with van der Waals surface area (Å²) in [6, 6.07) is 15.5. The van der Waals surface area contributed by atoms with Crippen LogP contribution in [0.3, 0.4) is 0 Å². The summed E-state index contributed by atoms with van der Waals surface area (Å²) in [5.41, 5.74) is 0.662. The van der Waals surface area contributed by atoms with E-state index in [1.165, 1.54) is 24.3 Å². The topological polar surface area (TPSA) is 70.8 Å². The Balaban J connectivity index is 2.21. The Kier molecular flexibility index (Phi) is 3.36. The van der Waals surface area contributed by atoms with Crippen LogP contribution in [-0.2, 0) is 10.3 Å². The maximum Gasteiger partial charge on any atom is 0.366 e. The highest BCUT2D eigenvalue weighted by Crippen LogP contribution is 2.34. The molecule has 3 aromatic rings. The fourth-order valence-corrected chi connectivity index (χ4v) is 2.87. The van der Waals surface area contributed by atoms with Crippen LogP contribution >= 0.6 is 11.6 Å². The molecule has 0 spiro atoms. The smallest absolute Gasteiger partial charge is 0.366 e. The molecule has 0 aliphatic heterocycles. The van der Waals surface area contributed by atoms with Gasteiger partial charge in [-0.05, 0) is 18.2 Å². The van der Waals surface area contributed by atoms with Crippen LogP contribution in [0, 0.1) is 6.07 Å². The van der Waals surface area contributed by atoms with E-state index < -0.39 is 10.3 Å². The highest BCUT2D eigenvalue weighted by Gasteiger charge is 2.25. The molecule has 0 unspecified atom stereocenters. The first-order valence-corrected chi connectivity index (χ1v) is 7.66. The van der Waals surface area contributed by atoms with Gasteiger partial charge in [0.25, 0.3) is 0 Å². The Morgan fingerprint density at radius 2 is 1.95 bits per heavy atom. The largest absolute Gasteiger partial charge is 0.439 e. The molecule has 2 aromatic carbocycles. The van der Waals surface area contributed by atoms with Crippen LogP contribution < -0.4 is 4.31 Å². The predicted octanol–water partition coefficient (Wildman–Crippen LogP) is 3.83. The maximum absolute atomic E-state index is 11.7. The van der Waals surface area contributed by atoms with Gasteiger partial charge in [-0.2, -0.15) is 12.7 Å². The van der Waals surface area contributed by atoms with Crippen LogP contribution in [0.25, 0.3) is 11.0 Å². The summed E-state index contributed by atoms with van der Waals surface area (Å²) in [6.45, 7) is 0. The van der Waals surface area contributed by atoms with Crippen molar-refractivity contribution < 1.29 is 17.4 Å². The predicted molar refractivity (Wildman–Crippen MR) is 80.2 cm³/mol. The molecule has 0 saturated carbocycles. The minimum atomic E-state index is -4.57. The molecule has 0 fully saturated rings. The molecular weight excluding hydrogens is 314 g/mol. The van der Waals surface area contributed by atoms with Crippen LogP contribution in [-0.4, -0.2) is 13.0 Å². The zero-order valence-corrected chi connectivity index (χ0v) is 12.1. The number of benzene rings is 2. The normalized spacial score (nSPS) is 11.7. The average molecular weight is 323 g/mol. The van der Waals surface area contributed by atoms with Gasteiger partial charge < -0.3 is 4.42 Å². The molecule has 0 atom stereocenters. The van der Waals surface area contributed by atoms with Crippen molar-refractivity contribution in [1.29, 1.82) is 0 Å². The van der Waals surface area contributed by atoms with Gasteiger partial charge >= 0.3 is 10.3 Å². The van der Waals surface area contributed by atoms with E-state index in [0.717, 1.165) is 5.39 Å². The molecular formula is C14H9ClNO4S. The summed E-state index contributed by atoms with van der Waals surface area (Å²) >= 11 is 5.82. The number of hydrogen-bond acceptors (Lipinski definition) is 3. The monoisotopic (exact) mass is 322 g/mol. The summed E-state index contributed by atoms with van der Waals surface area (Å²) in [7, 11) is -4.57.